The van der Waals surface area contributed by atoms with Crippen LogP contribution in [0.25, 0.3) is 0 Å². The van der Waals surface area contributed by atoms with Gasteiger partial charge in [0.1, 0.15) is 9.34 Å². The number of nitrogens with zero attached hydrogens (tertiary/aromatic N) is 1. The van der Waals surface area contributed by atoms with Crippen LogP contribution in [0.2, 0.25) is 4.34 Å². The van der Waals surface area contributed by atoms with Gasteiger partial charge in [0.05, 0.1) is 6.20 Å². The molecule has 0 aliphatic carbocycles. The lowest BCUT2D eigenvalue weighted by Crippen LogP contribution is -2.30. The smallest absolute Gasteiger partial charge is 0.113 e. The van der Waals surface area contributed by atoms with E-state index < -0.39 is 10.8 Å². The van der Waals surface area contributed by atoms with Crippen LogP contribution in [0.3, 0.4) is 0 Å². The summed E-state index contributed by atoms with van der Waals surface area (Å²) in [4.78, 5) is 4.12. The van der Waals surface area contributed by atoms with Crippen molar-refractivity contribution in [1.82, 2.24) is 10.3 Å². The Kier molecular flexibility index (Phi) is 5.01. The molecule has 1 rings (SSSR count). The fourth-order valence-electron chi connectivity index (χ4n) is 1.04. The van der Waals surface area contributed by atoms with Gasteiger partial charge in [-0.05, 0) is 6.92 Å². The lowest BCUT2D eigenvalue weighted by Gasteiger charge is -2.10. The highest BCUT2D eigenvalue weighted by Gasteiger charge is 2.05. The molecule has 14 heavy (non-hydrogen) atoms. The molecule has 0 aromatic carbocycles. The van der Waals surface area contributed by atoms with Crippen molar-refractivity contribution in [3.63, 3.8) is 0 Å². The average Bonchev–Trinajstić information content (AvgIpc) is 2.47. The molecule has 2 unspecified atom stereocenters. The first-order chi connectivity index (χ1) is 6.58. The van der Waals surface area contributed by atoms with Crippen LogP contribution in [0.4, 0.5) is 0 Å². The minimum atomic E-state index is -0.754. The Morgan fingerprint density at radius 2 is 2.50 bits per heavy atom. The van der Waals surface area contributed by atoms with Crippen molar-refractivity contribution in [2.45, 2.75) is 19.5 Å². The van der Waals surface area contributed by atoms with Gasteiger partial charge in [-0.3, -0.25) is 4.21 Å². The Bertz CT molecular complexity index is 316. The molecule has 1 aromatic heterocycles. The number of hydrogen-bond donors (Lipinski definition) is 1. The average molecular weight is 253 g/mol. The van der Waals surface area contributed by atoms with Crippen molar-refractivity contribution in [3.8, 4) is 0 Å². The molecule has 3 nitrogen and oxygen atoms in total. The van der Waals surface area contributed by atoms with Gasteiger partial charge in [-0.2, -0.15) is 0 Å². The predicted molar refractivity (Wildman–Crippen MR) is 62.4 cm³/mol. The molecule has 80 valence electrons. The SMILES string of the molecule is CC(CS(C)=O)NCc1ncc(Cl)s1. The van der Waals surface area contributed by atoms with Gasteiger partial charge in [0.25, 0.3) is 0 Å². The summed E-state index contributed by atoms with van der Waals surface area (Å²) >= 11 is 7.20. The van der Waals surface area contributed by atoms with E-state index in [4.69, 9.17) is 11.6 Å². The van der Waals surface area contributed by atoms with E-state index in [-0.39, 0.29) is 6.04 Å². The Balaban J connectivity index is 2.30. The normalized spacial score (nSPS) is 15.4. The Hall–Kier alpha value is 0.0300. The summed E-state index contributed by atoms with van der Waals surface area (Å²) in [6, 6.07) is 0.239. The van der Waals surface area contributed by atoms with Crippen molar-refractivity contribution in [3.05, 3.63) is 15.5 Å². The molecule has 1 aromatic rings. The molecule has 0 spiro atoms. The highest BCUT2D eigenvalue weighted by molar-refractivity contribution is 7.84. The van der Waals surface area contributed by atoms with Crippen LogP contribution in [0.1, 0.15) is 11.9 Å². The first-order valence-corrected chi connectivity index (χ1v) is 7.13. The third-order valence-corrected chi connectivity index (χ3v) is 3.70. The molecule has 6 heteroatoms. The number of nitrogens with one attached hydrogen (secondary N) is 1. The van der Waals surface area contributed by atoms with E-state index in [1.165, 1.54) is 11.3 Å². The zero-order valence-electron chi connectivity index (χ0n) is 8.12. The van der Waals surface area contributed by atoms with Gasteiger partial charge >= 0.3 is 0 Å². The second kappa shape index (κ2) is 5.80. The summed E-state index contributed by atoms with van der Waals surface area (Å²) in [5.41, 5.74) is 0. The molecule has 0 aliphatic rings. The molecule has 2 atom stereocenters. The van der Waals surface area contributed by atoms with Crippen molar-refractivity contribution in [1.29, 1.82) is 0 Å². The van der Waals surface area contributed by atoms with Crippen molar-refractivity contribution in [2.24, 2.45) is 0 Å². The molecule has 1 N–H and O–H groups in total. The minimum Gasteiger partial charge on any atom is -0.307 e. The van der Waals surface area contributed by atoms with E-state index >= 15 is 0 Å². The van der Waals surface area contributed by atoms with E-state index in [2.05, 4.69) is 10.3 Å². The first kappa shape index (κ1) is 12.1. The third kappa shape index (κ3) is 4.50. The molecule has 0 saturated carbocycles. The van der Waals surface area contributed by atoms with Gasteiger partial charge in [0.15, 0.2) is 0 Å². The maximum absolute atomic E-state index is 10.9. The molecule has 0 amide bonds. The summed E-state index contributed by atoms with van der Waals surface area (Å²) in [5, 5.41) is 4.20. The van der Waals surface area contributed by atoms with Gasteiger partial charge in [0.2, 0.25) is 0 Å². The van der Waals surface area contributed by atoms with Crippen LogP contribution in [-0.4, -0.2) is 27.2 Å². The van der Waals surface area contributed by atoms with Crippen LogP contribution in [-0.2, 0) is 17.3 Å². The van der Waals surface area contributed by atoms with Gasteiger partial charge in [-0.25, -0.2) is 4.98 Å². The van der Waals surface area contributed by atoms with Crippen molar-refractivity contribution in [2.75, 3.05) is 12.0 Å². The molecule has 1 heterocycles. The molecular weight excluding hydrogens is 240 g/mol. The molecule has 0 saturated heterocycles. The van der Waals surface area contributed by atoms with Crippen LogP contribution in [0, 0.1) is 0 Å². The van der Waals surface area contributed by atoms with Crippen LogP contribution in [0.15, 0.2) is 6.20 Å². The molecular formula is C8H13ClN2OS2. The van der Waals surface area contributed by atoms with Gasteiger partial charge < -0.3 is 5.32 Å². The second-order valence-corrected chi connectivity index (χ2v) is 6.31. The fourth-order valence-corrected chi connectivity index (χ4v) is 2.77. The van der Waals surface area contributed by atoms with Crippen molar-refractivity contribution >= 4 is 33.7 Å². The minimum absolute atomic E-state index is 0.239. The monoisotopic (exact) mass is 252 g/mol. The summed E-state index contributed by atoms with van der Waals surface area (Å²) in [6.45, 7) is 2.70. The van der Waals surface area contributed by atoms with Crippen molar-refractivity contribution < 1.29 is 4.21 Å². The number of rotatable bonds is 5. The number of halogens is 1. The number of hydrogen-bond acceptors (Lipinski definition) is 4. The standard InChI is InChI=1S/C8H13ClN2OS2/c1-6(5-14(2)12)10-4-8-11-3-7(9)13-8/h3,6,10H,4-5H2,1-2H3. The molecule has 0 bridgehead atoms. The largest absolute Gasteiger partial charge is 0.307 e. The second-order valence-electron chi connectivity index (χ2n) is 3.08. The zero-order valence-corrected chi connectivity index (χ0v) is 10.5. The van der Waals surface area contributed by atoms with E-state index in [1.54, 1.807) is 12.5 Å². The van der Waals surface area contributed by atoms with E-state index in [1.807, 2.05) is 6.92 Å². The number of aromatic nitrogens is 1. The maximum atomic E-state index is 10.9. The predicted octanol–water partition coefficient (Wildman–Crippen LogP) is 1.65. The summed E-state index contributed by atoms with van der Waals surface area (Å²) in [6.07, 6.45) is 3.35. The van der Waals surface area contributed by atoms with Crippen LogP contribution >= 0.6 is 22.9 Å². The van der Waals surface area contributed by atoms with Gasteiger partial charge in [-0.1, -0.05) is 11.6 Å². The van der Waals surface area contributed by atoms with Gasteiger partial charge in [0, 0.05) is 35.4 Å². The quantitative estimate of drug-likeness (QED) is 0.867. The topological polar surface area (TPSA) is 42.0 Å². The summed E-state index contributed by atoms with van der Waals surface area (Å²) < 4.78 is 11.6. The van der Waals surface area contributed by atoms with Crippen LogP contribution < -0.4 is 5.32 Å². The van der Waals surface area contributed by atoms with Gasteiger partial charge in [-0.15, -0.1) is 11.3 Å². The van der Waals surface area contributed by atoms with E-state index in [0.29, 0.717) is 16.6 Å². The third-order valence-electron chi connectivity index (χ3n) is 1.61. The lowest BCUT2D eigenvalue weighted by atomic mass is 10.4. The van der Waals surface area contributed by atoms with Crippen LogP contribution in [0.5, 0.6) is 0 Å². The molecule has 0 radical (unpaired) electrons. The summed E-state index contributed by atoms with van der Waals surface area (Å²) in [7, 11) is -0.754. The maximum Gasteiger partial charge on any atom is 0.113 e. The summed E-state index contributed by atoms with van der Waals surface area (Å²) in [5.74, 6) is 0.666. The molecule has 0 aliphatic heterocycles. The Labute approximate surface area is 95.3 Å². The highest BCUT2D eigenvalue weighted by Crippen LogP contribution is 2.17. The fraction of sp³-hybridized carbons (Fsp3) is 0.625. The first-order valence-electron chi connectivity index (χ1n) is 4.21. The highest BCUT2D eigenvalue weighted by atomic mass is 35.5. The zero-order chi connectivity index (χ0) is 10.6. The molecule has 0 fully saturated rings. The number of thiazole rings is 1. The Morgan fingerprint density at radius 1 is 1.79 bits per heavy atom. The lowest BCUT2D eigenvalue weighted by molar-refractivity contribution is 0.586. The van der Waals surface area contributed by atoms with E-state index in [9.17, 15) is 4.21 Å². The Morgan fingerprint density at radius 3 is 3.00 bits per heavy atom. The van der Waals surface area contributed by atoms with E-state index in [0.717, 1.165) is 5.01 Å².